The molecule has 0 aliphatic rings. The fourth-order valence-electron chi connectivity index (χ4n) is 4.40. The Hall–Kier alpha value is -3.94. The summed E-state index contributed by atoms with van der Waals surface area (Å²) in [5.74, 6) is 1.38. The number of aromatic nitrogens is 1. The second-order valence-electron chi connectivity index (χ2n) is 8.50. The number of nitrogens with zero attached hydrogens (tertiary/aromatic N) is 2. The van der Waals surface area contributed by atoms with Crippen LogP contribution in [-0.4, -0.2) is 19.1 Å². The first kappa shape index (κ1) is 22.8. The Bertz CT molecular complexity index is 1300. The molecule has 0 amide bonds. The molecular formula is C31H28N2OP+. The van der Waals surface area contributed by atoms with Crippen LogP contribution in [-0.2, 0) is 0 Å². The Morgan fingerprint density at radius 3 is 1.46 bits per heavy atom. The van der Waals surface area contributed by atoms with Gasteiger partial charge in [0.1, 0.15) is 15.9 Å². The Balaban J connectivity index is 1.81. The average molecular weight is 476 g/mol. The van der Waals surface area contributed by atoms with Gasteiger partial charge < -0.3 is 9.32 Å². The second-order valence-corrected chi connectivity index (χ2v) is 11.8. The molecule has 0 aliphatic carbocycles. The topological polar surface area (TPSA) is 29.3 Å². The zero-order valence-electron chi connectivity index (χ0n) is 20.0. The van der Waals surface area contributed by atoms with Crippen molar-refractivity contribution >= 4 is 46.6 Å². The third-order valence-corrected chi connectivity index (χ3v) is 10.1. The molecule has 0 radical (unpaired) electrons. The van der Waals surface area contributed by atoms with E-state index < -0.39 is 7.26 Å². The van der Waals surface area contributed by atoms with E-state index in [2.05, 4.69) is 103 Å². The first-order valence-electron chi connectivity index (χ1n) is 11.7. The lowest BCUT2D eigenvalue weighted by Crippen LogP contribution is -2.40. The molecule has 0 fully saturated rings. The third-order valence-electron chi connectivity index (χ3n) is 5.98. The van der Waals surface area contributed by atoms with Gasteiger partial charge in [0.25, 0.3) is 11.3 Å². The standard InChI is InChI=1S/C31H28N2OP/c1-33(2)31-30(32-29(34-31)24-23-25-15-7-3-8-16-25)35(26-17-9-4-10-18-26,27-19-11-5-12-20-27)28-21-13-6-14-22-28/h3-24H,1-2H3/q+1. The molecule has 5 rings (SSSR count). The molecule has 0 saturated heterocycles. The predicted molar refractivity (Wildman–Crippen MR) is 151 cm³/mol. The van der Waals surface area contributed by atoms with E-state index in [1.807, 2.05) is 49.3 Å². The van der Waals surface area contributed by atoms with Gasteiger partial charge in [-0.25, -0.2) is 0 Å². The maximum Gasteiger partial charge on any atom is 0.262 e. The summed E-state index contributed by atoms with van der Waals surface area (Å²) in [6.07, 6.45) is 4.00. The maximum absolute atomic E-state index is 6.42. The summed E-state index contributed by atoms with van der Waals surface area (Å²) in [4.78, 5) is 7.24. The number of oxazole rings is 1. The van der Waals surface area contributed by atoms with Crippen LogP contribution in [0.2, 0.25) is 0 Å². The van der Waals surface area contributed by atoms with Crippen molar-refractivity contribution in [2.75, 3.05) is 19.0 Å². The number of anilines is 1. The molecule has 0 spiro atoms. The van der Waals surface area contributed by atoms with Gasteiger partial charge in [-0.05, 0) is 48.0 Å². The van der Waals surface area contributed by atoms with Gasteiger partial charge in [-0.2, -0.15) is 4.98 Å². The van der Waals surface area contributed by atoms with Crippen LogP contribution in [0.4, 0.5) is 5.88 Å². The van der Waals surface area contributed by atoms with Crippen molar-refractivity contribution in [2.24, 2.45) is 0 Å². The molecule has 172 valence electrons. The van der Waals surface area contributed by atoms with E-state index >= 15 is 0 Å². The predicted octanol–water partition coefficient (Wildman–Crippen LogP) is 5.53. The molecule has 1 heterocycles. The summed E-state index contributed by atoms with van der Waals surface area (Å²) in [6, 6.07) is 42.4. The Kier molecular flexibility index (Phi) is 6.61. The van der Waals surface area contributed by atoms with E-state index in [-0.39, 0.29) is 0 Å². The quantitative estimate of drug-likeness (QED) is 0.290. The molecule has 0 N–H and O–H groups in total. The van der Waals surface area contributed by atoms with Gasteiger partial charge in [0, 0.05) is 20.2 Å². The normalized spacial score (nSPS) is 11.6. The minimum Gasteiger partial charge on any atom is -0.417 e. The van der Waals surface area contributed by atoms with Crippen molar-refractivity contribution in [3.63, 3.8) is 0 Å². The van der Waals surface area contributed by atoms with Crippen LogP contribution < -0.4 is 26.2 Å². The van der Waals surface area contributed by atoms with E-state index in [1.54, 1.807) is 0 Å². The summed E-state index contributed by atoms with van der Waals surface area (Å²) in [5, 5.41) is 3.73. The minimum atomic E-state index is -2.35. The van der Waals surface area contributed by atoms with E-state index in [9.17, 15) is 0 Å². The fraction of sp³-hybridized carbons (Fsp3) is 0.0645. The van der Waals surface area contributed by atoms with Gasteiger partial charge in [-0.1, -0.05) is 84.9 Å². The molecule has 0 bridgehead atoms. The molecule has 0 saturated carbocycles. The van der Waals surface area contributed by atoms with Crippen LogP contribution in [0.3, 0.4) is 0 Å². The molecule has 3 nitrogen and oxygen atoms in total. The average Bonchev–Trinajstić information content (AvgIpc) is 3.35. The molecule has 0 unspecified atom stereocenters. The van der Waals surface area contributed by atoms with E-state index in [1.165, 1.54) is 15.9 Å². The molecule has 1 aromatic heterocycles. The van der Waals surface area contributed by atoms with Gasteiger partial charge in [0.15, 0.2) is 7.26 Å². The van der Waals surface area contributed by atoms with Crippen molar-refractivity contribution in [3.05, 3.63) is 133 Å². The van der Waals surface area contributed by atoms with Crippen LogP contribution in [0.15, 0.2) is 126 Å². The van der Waals surface area contributed by atoms with Gasteiger partial charge in [0.05, 0.1) is 0 Å². The second kappa shape index (κ2) is 10.1. The Labute approximate surface area is 207 Å². The van der Waals surface area contributed by atoms with Crippen molar-refractivity contribution < 1.29 is 4.42 Å². The molecule has 5 aromatic rings. The van der Waals surface area contributed by atoms with Crippen LogP contribution in [0, 0.1) is 0 Å². The van der Waals surface area contributed by atoms with E-state index in [4.69, 9.17) is 9.40 Å². The van der Waals surface area contributed by atoms with Crippen molar-refractivity contribution in [1.29, 1.82) is 0 Å². The highest BCUT2D eigenvalue weighted by molar-refractivity contribution is 8.01. The highest BCUT2D eigenvalue weighted by Crippen LogP contribution is 2.55. The monoisotopic (exact) mass is 475 g/mol. The summed E-state index contributed by atoms with van der Waals surface area (Å²) < 4.78 is 6.42. The lowest BCUT2D eigenvalue weighted by molar-refractivity contribution is 0.546. The van der Waals surface area contributed by atoms with Crippen LogP contribution in [0.1, 0.15) is 11.5 Å². The zero-order valence-corrected chi connectivity index (χ0v) is 20.8. The largest absolute Gasteiger partial charge is 0.417 e. The minimum absolute atomic E-state index is 0.597. The zero-order chi connectivity index (χ0) is 24.1. The number of hydrogen-bond donors (Lipinski definition) is 0. The number of benzene rings is 4. The van der Waals surface area contributed by atoms with Crippen molar-refractivity contribution in [3.8, 4) is 0 Å². The van der Waals surface area contributed by atoms with Crippen molar-refractivity contribution in [1.82, 2.24) is 4.98 Å². The number of rotatable bonds is 7. The summed E-state index contributed by atoms with van der Waals surface area (Å²) in [6.45, 7) is 0. The Morgan fingerprint density at radius 1 is 0.600 bits per heavy atom. The lowest BCUT2D eigenvalue weighted by atomic mass is 10.2. The molecule has 4 aromatic carbocycles. The van der Waals surface area contributed by atoms with Gasteiger partial charge in [0.2, 0.25) is 5.89 Å². The van der Waals surface area contributed by atoms with Gasteiger partial charge in [-0.15, -0.1) is 0 Å². The van der Waals surface area contributed by atoms with E-state index in [0.29, 0.717) is 5.89 Å². The molecule has 0 atom stereocenters. The third kappa shape index (κ3) is 4.43. The SMILES string of the molecule is CN(C)c1oc(C=Cc2ccccc2)nc1[P+](c1ccccc1)(c1ccccc1)c1ccccc1. The fourth-order valence-corrected chi connectivity index (χ4v) is 8.67. The highest BCUT2D eigenvalue weighted by atomic mass is 31.2. The highest BCUT2D eigenvalue weighted by Gasteiger charge is 2.53. The van der Waals surface area contributed by atoms with Crippen molar-refractivity contribution in [2.45, 2.75) is 0 Å². The van der Waals surface area contributed by atoms with Crippen LogP contribution in [0.5, 0.6) is 0 Å². The maximum atomic E-state index is 6.42. The molecule has 4 heteroatoms. The summed E-state index contributed by atoms with van der Waals surface area (Å²) in [5.41, 5.74) is 2.08. The van der Waals surface area contributed by atoms with Gasteiger partial charge in [-0.3, -0.25) is 0 Å². The first-order chi connectivity index (χ1) is 17.2. The molecule has 0 aliphatic heterocycles. The summed E-state index contributed by atoms with van der Waals surface area (Å²) in [7, 11) is 1.68. The first-order valence-corrected chi connectivity index (χ1v) is 13.5. The number of hydrogen-bond acceptors (Lipinski definition) is 3. The summed E-state index contributed by atoms with van der Waals surface area (Å²) >= 11 is 0. The molecular weight excluding hydrogens is 447 g/mol. The van der Waals surface area contributed by atoms with Gasteiger partial charge >= 0.3 is 0 Å². The van der Waals surface area contributed by atoms with E-state index in [0.717, 1.165) is 16.9 Å². The lowest BCUT2D eigenvalue weighted by Gasteiger charge is -2.26. The van der Waals surface area contributed by atoms with Crippen LogP contribution >= 0.6 is 7.26 Å². The Morgan fingerprint density at radius 2 is 1.03 bits per heavy atom. The molecule has 35 heavy (non-hydrogen) atoms. The van der Waals surface area contributed by atoms with Crippen LogP contribution in [0.25, 0.3) is 12.2 Å². The smallest absolute Gasteiger partial charge is 0.262 e.